The third-order valence-corrected chi connectivity index (χ3v) is 3.21. The van der Waals surface area contributed by atoms with Gasteiger partial charge in [0.15, 0.2) is 0 Å². The maximum absolute atomic E-state index is 10.8. The maximum atomic E-state index is 10.8. The Hall–Kier alpha value is -1.95. The van der Waals surface area contributed by atoms with Crippen LogP contribution in [0.5, 0.6) is 0 Å². The van der Waals surface area contributed by atoms with Crippen LogP contribution in [0.1, 0.15) is 9.75 Å². The van der Waals surface area contributed by atoms with Gasteiger partial charge in [0.25, 0.3) is 0 Å². The van der Waals surface area contributed by atoms with Crippen LogP contribution in [0.3, 0.4) is 0 Å². The van der Waals surface area contributed by atoms with Crippen molar-refractivity contribution in [1.29, 1.82) is 0 Å². The Morgan fingerprint density at radius 3 is 2.94 bits per heavy atom. The van der Waals surface area contributed by atoms with Crippen molar-refractivity contribution >= 4 is 22.8 Å². The fourth-order valence-corrected chi connectivity index (χ4v) is 2.26. The molecule has 2 aromatic heterocycles. The van der Waals surface area contributed by atoms with Crippen LogP contribution < -0.4 is 5.32 Å². The second-order valence-electron chi connectivity index (χ2n) is 3.49. The Labute approximate surface area is 102 Å². The van der Waals surface area contributed by atoms with E-state index in [0.717, 1.165) is 4.88 Å². The summed E-state index contributed by atoms with van der Waals surface area (Å²) in [7, 11) is 0. The molecule has 2 rings (SSSR count). The summed E-state index contributed by atoms with van der Waals surface area (Å²) in [6.45, 7) is 2.58. The van der Waals surface area contributed by atoms with Crippen molar-refractivity contribution in [3.05, 3.63) is 50.3 Å². The Morgan fingerprint density at radius 1 is 1.47 bits per heavy atom. The van der Waals surface area contributed by atoms with E-state index >= 15 is 0 Å². The first kappa shape index (κ1) is 11.5. The molecular formula is C11H11N3O2S. The highest BCUT2D eigenvalue weighted by Crippen LogP contribution is 2.22. The van der Waals surface area contributed by atoms with Crippen molar-refractivity contribution in [2.24, 2.45) is 0 Å². The van der Waals surface area contributed by atoms with E-state index in [9.17, 15) is 10.1 Å². The van der Waals surface area contributed by atoms with Gasteiger partial charge >= 0.3 is 5.69 Å². The van der Waals surface area contributed by atoms with Crippen LogP contribution in [-0.4, -0.2) is 9.91 Å². The third-order valence-electron chi connectivity index (χ3n) is 2.21. The van der Waals surface area contributed by atoms with E-state index in [4.69, 9.17) is 0 Å². The Bertz CT molecular complexity index is 539. The van der Waals surface area contributed by atoms with Crippen LogP contribution in [-0.2, 0) is 6.54 Å². The number of pyridine rings is 1. The minimum Gasteiger partial charge on any atom is -0.359 e. The SMILES string of the molecule is Cc1ccc(CNc2ncccc2[N+](=O)[O-])s1. The normalized spacial score (nSPS) is 10.2. The number of anilines is 1. The molecule has 0 aliphatic carbocycles. The molecule has 17 heavy (non-hydrogen) atoms. The molecule has 0 aromatic carbocycles. The summed E-state index contributed by atoms with van der Waals surface area (Å²) in [4.78, 5) is 16.7. The minimum absolute atomic E-state index is 0.000720. The molecule has 0 atom stereocenters. The van der Waals surface area contributed by atoms with Gasteiger partial charge in [0.1, 0.15) is 0 Å². The largest absolute Gasteiger partial charge is 0.359 e. The zero-order valence-electron chi connectivity index (χ0n) is 9.21. The summed E-state index contributed by atoms with van der Waals surface area (Å²) < 4.78 is 0. The van der Waals surface area contributed by atoms with Gasteiger partial charge < -0.3 is 5.32 Å². The van der Waals surface area contributed by atoms with Gasteiger partial charge in [-0.3, -0.25) is 10.1 Å². The van der Waals surface area contributed by atoms with E-state index in [0.29, 0.717) is 12.4 Å². The standard InChI is InChI=1S/C11H11N3O2S/c1-8-4-5-9(17-8)7-13-11-10(14(15)16)3-2-6-12-11/h2-6H,7H2,1H3,(H,12,13). The molecule has 5 nitrogen and oxygen atoms in total. The fourth-order valence-electron chi connectivity index (χ4n) is 1.43. The first-order valence-corrected chi connectivity index (χ1v) is 5.87. The van der Waals surface area contributed by atoms with Gasteiger partial charge in [-0.1, -0.05) is 0 Å². The summed E-state index contributed by atoms with van der Waals surface area (Å²) in [5.41, 5.74) is 0.000720. The van der Waals surface area contributed by atoms with Gasteiger partial charge in [-0.15, -0.1) is 11.3 Å². The van der Waals surface area contributed by atoms with Crippen LogP contribution in [0, 0.1) is 17.0 Å². The molecule has 6 heteroatoms. The van der Waals surface area contributed by atoms with Crippen LogP contribution in [0.4, 0.5) is 11.5 Å². The molecule has 0 unspecified atom stereocenters. The van der Waals surface area contributed by atoms with E-state index < -0.39 is 4.92 Å². The zero-order valence-corrected chi connectivity index (χ0v) is 10.0. The molecule has 88 valence electrons. The molecule has 0 radical (unpaired) electrons. The fraction of sp³-hybridized carbons (Fsp3) is 0.182. The molecule has 2 heterocycles. The summed E-state index contributed by atoms with van der Waals surface area (Å²) in [6.07, 6.45) is 1.54. The lowest BCUT2D eigenvalue weighted by Gasteiger charge is -2.03. The number of aryl methyl sites for hydroxylation is 1. The van der Waals surface area contributed by atoms with Crippen molar-refractivity contribution in [2.75, 3.05) is 5.32 Å². The number of nitrogens with zero attached hydrogens (tertiary/aromatic N) is 2. The van der Waals surface area contributed by atoms with Crippen molar-refractivity contribution in [1.82, 2.24) is 4.98 Å². The highest BCUT2D eigenvalue weighted by Gasteiger charge is 2.13. The van der Waals surface area contributed by atoms with E-state index in [2.05, 4.69) is 10.3 Å². The van der Waals surface area contributed by atoms with Crippen LogP contribution >= 0.6 is 11.3 Å². The maximum Gasteiger partial charge on any atom is 0.311 e. The van der Waals surface area contributed by atoms with Gasteiger partial charge in [-0.25, -0.2) is 4.98 Å². The van der Waals surface area contributed by atoms with Gasteiger partial charge in [-0.05, 0) is 25.1 Å². The highest BCUT2D eigenvalue weighted by atomic mass is 32.1. The van der Waals surface area contributed by atoms with Gasteiger partial charge in [0.2, 0.25) is 5.82 Å². The quantitative estimate of drug-likeness (QED) is 0.668. The molecule has 0 fully saturated rings. The van der Waals surface area contributed by atoms with E-state index in [1.807, 2.05) is 19.1 Å². The Kier molecular flexibility index (Phi) is 3.34. The van der Waals surface area contributed by atoms with Crippen molar-refractivity contribution in [2.45, 2.75) is 13.5 Å². The molecule has 0 amide bonds. The lowest BCUT2D eigenvalue weighted by Crippen LogP contribution is -2.03. The predicted octanol–water partition coefficient (Wildman–Crippen LogP) is 2.97. The van der Waals surface area contributed by atoms with Gasteiger partial charge in [0.05, 0.1) is 11.5 Å². The van der Waals surface area contributed by atoms with Crippen LogP contribution in [0.25, 0.3) is 0 Å². The molecular weight excluding hydrogens is 238 g/mol. The van der Waals surface area contributed by atoms with E-state index in [1.165, 1.54) is 17.1 Å². The summed E-state index contributed by atoms with van der Waals surface area (Å²) in [5, 5.41) is 13.7. The lowest BCUT2D eigenvalue weighted by atomic mass is 10.4. The summed E-state index contributed by atoms with van der Waals surface area (Å²) in [5.74, 6) is 0.309. The van der Waals surface area contributed by atoms with Crippen LogP contribution in [0.15, 0.2) is 30.5 Å². The molecule has 0 saturated heterocycles. The molecule has 0 spiro atoms. The van der Waals surface area contributed by atoms with Gasteiger partial charge in [-0.2, -0.15) is 0 Å². The topological polar surface area (TPSA) is 68.1 Å². The lowest BCUT2D eigenvalue weighted by molar-refractivity contribution is -0.384. The third kappa shape index (κ3) is 2.79. The Morgan fingerprint density at radius 2 is 2.29 bits per heavy atom. The summed E-state index contributed by atoms with van der Waals surface area (Å²) in [6, 6.07) is 7.02. The number of nitro groups is 1. The number of aromatic nitrogens is 1. The van der Waals surface area contributed by atoms with Crippen molar-refractivity contribution < 1.29 is 4.92 Å². The first-order chi connectivity index (χ1) is 8.16. The second kappa shape index (κ2) is 4.92. The Balaban J connectivity index is 2.11. The number of nitrogens with one attached hydrogen (secondary N) is 1. The number of thiophene rings is 1. The monoisotopic (exact) mass is 249 g/mol. The molecule has 0 saturated carbocycles. The average molecular weight is 249 g/mol. The predicted molar refractivity (Wildman–Crippen MR) is 67.3 cm³/mol. The zero-order chi connectivity index (χ0) is 12.3. The molecule has 0 aliphatic heterocycles. The van der Waals surface area contributed by atoms with Gasteiger partial charge in [0, 0.05) is 22.0 Å². The minimum atomic E-state index is -0.436. The first-order valence-electron chi connectivity index (χ1n) is 5.05. The highest BCUT2D eigenvalue weighted by molar-refractivity contribution is 7.11. The smallest absolute Gasteiger partial charge is 0.311 e. The summed E-state index contributed by atoms with van der Waals surface area (Å²) >= 11 is 1.66. The number of hydrogen-bond donors (Lipinski definition) is 1. The molecule has 2 aromatic rings. The number of hydrogen-bond acceptors (Lipinski definition) is 5. The number of rotatable bonds is 4. The van der Waals surface area contributed by atoms with Crippen molar-refractivity contribution in [3.63, 3.8) is 0 Å². The van der Waals surface area contributed by atoms with Crippen molar-refractivity contribution in [3.8, 4) is 0 Å². The molecule has 0 aliphatic rings. The molecule has 0 bridgehead atoms. The van der Waals surface area contributed by atoms with E-state index in [1.54, 1.807) is 17.4 Å². The second-order valence-corrected chi connectivity index (χ2v) is 4.87. The van der Waals surface area contributed by atoms with E-state index in [-0.39, 0.29) is 5.69 Å². The average Bonchev–Trinajstić information content (AvgIpc) is 2.73. The molecule has 1 N–H and O–H groups in total. The van der Waals surface area contributed by atoms with Crippen LogP contribution in [0.2, 0.25) is 0 Å².